The molecule has 6 heteroatoms. The summed E-state index contributed by atoms with van der Waals surface area (Å²) in [6, 6.07) is 0. The molecule has 0 spiro atoms. The van der Waals surface area contributed by atoms with E-state index in [0.29, 0.717) is 5.69 Å². The molecule has 0 saturated heterocycles. The molecule has 0 atom stereocenters. The Morgan fingerprint density at radius 2 is 2.54 bits per heavy atom. The van der Waals surface area contributed by atoms with Gasteiger partial charge in [-0.3, -0.25) is 0 Å². The molecule has 0 unspecified atom stereocenters. The van der Waals surface area contributed by atoms with Gasteiger partial charge in [0, 0.05) is 11.5 Å². The third kappa shape index (κ3) is 1.41. The number of aryl methyl sites for hydroxylation is 1. The van der Waals surface area contributed by atoms with Crippen molar-refractivity contribution in [1.82, 2.24) is 15.0 Å². The first kappa shape index (κ1) is 8.55. The zero-order chi connectivity index (χ0) is 9.26. The van der Waals surface area contributed by atoms with Crippen molar-refractivity contribution in [3.8, 4) is 0 Å². The average Bonchev–Trinajstić information content (AvgIpc) is 2.60. The van der Waals surface area contributed by atoms with Gasteiger partial charge in [-0.25, -0.2) is 9.48 Å². The summed E-state index contributed by atoms with van der Waals surface area (Å²) in [5, 5.41) is 7.67. The molecule has 1 aromatic rings. The molecule has 0 N–H and O–H groups in total. The topological polar surface area (TPSA) is 57.0 Å². The van der Waals surface area contributed by atoms with Crippen LogP contribution < -0.4 is 0 Å². The maximum absolute atomic E-state index is 11.2. The standard InChI is InChI=1S/C7H9N3O2S/c1-12-7(11)6-5-4-13-3-2-10(5)9-8-6/h2-4H2,1H3. The molecule has 0 amide bonds. The number of hydrogen-bond acceptors (Lipinski definition) is 5. The van der Waals surface area contributed by atoms with E-state index in [1.54, 1.807) is 16.4 Å². The first-order valence-corrected chi connectivity index (χ1v) is 5.07. The molecule has 0 saturated carbocycles. The van der Waals surface area contributed by atoms with Crippen LogP contribution in [0.3, 0.4) is 0 Å². The summed E-state index contributed by atoms with van der Waals surface area (Å²) in [6.07, 6.45) is 0. The highest BCUT2D eigenvalue weighted by atomic mass is 32.2. The zero-order valence-corrected chi connectivity index (χ0v) is 8.00. The fourth-order valence-electron chi connectivity index (χ4n) is 1.23. The maximum atomic E-state index is 11.2. The Bertz CT molecular complexity index is 336. The molecular formula is C7H9N3O2S. The Labute approximate surface area is 79.4 Å². The molecule has 0 fully saturated rings. The highest BCUT2D eigenvalue weighted by Gasteiger charge is 2.22. The zero-order valence-electron chi connectivity index (χ0n) is 7.19. The van der Waals surface area contributed by atoms with Crippen molar-refractivity contribution >= 4 is 17.7 Å². The Hall–Kier alpha value is -1.04. The molecule has 1 aromatic heterocycles. The molecule has 0 bridgehead atoms. The normalized spacial score (nSPS) is 15.2. The minimum absolute atomic E-state index is 0.356. The summed E-state index contributed by atoms with van der Waals surface area (Å²) in [6.45, 7) is 0.823. The van der Waals surface area contributed by atoms with Gasteiger partial charge in [0.05, 0.1) is 19.3 Å². The van der Waals surface area contributed by atoms with E-state index in [1.807, 2.05) is 0 Å². The van der Waals surface area contributed by atoms with E-state index in [-0.39, 0.29) is 0 Å². The smallest absolute Gasteiger partial charge is 0.360 e. The molecule has 2 rings (SSSR count). The van der Waals surface area contributed by atoms with Crippen molar-refractivity contribution in [2.75, 3.05) is 12.9 Å². The second kappa shape index (κ2) is 3.37. The number of thioether (sulfide) groups is 1. The summed E-state index contributed by atoms with van der Waals surface area (Å²) in [5.41, 5.74) is 1.23. The van der Waals surface area contributed by atoms with Crippen LogP contribution in [0.1, 0.15) is 16.2 Å². The lowest BCUT2D eigenvalue weighted by atomic mass is 10.3. The Morgan fingerprint density at radius 3 is 3.31 bits per heavy atom. The fourth-order valence-corrected chi connectivity index (χ4v) is 2.16. The van der Waals surface area contributed by atoms with Crippen LogP contribution in [0, 0.1) is 0 Å². The third-order valence-corrected chi connectivity index (χ3v) is 2.85. The molecule has 1 aliphatic heterocycles. The highest BCUT2D eigenvalue weighted by molar-refractivity contribution is 7.98. The van der Waals surface area contributed by atoms with Gasteiger partial charge in [0.1, 0.15) is 0 Å². The van der Waals surface area contributed by atoms with E-state index >= 15 is 0 Å². The monoisotopic (exact) mass is 199 g/mol. The van der Waals surface area contributed by atoms with Gasteiger partial charge in [0.2, 0.25) is 0 Å². The molecule has 13 heavy (non-hydrogen) atoms. The average molecular weight is 199 g/mol. The van der Waals surface area contributed by atoms with Crippen molar-refractivity contribution in [2.24, 2.45) is 0 Å². The number of aromatic nitrogens is 3. The van der Waals surface area contributed by atoms with Gasteiger partial charge in [-0.1, -0.05) is 5.21 Å². The van der Waals surface area contributed by atoms with Crippen LogP contribution in [0.25, 0.3) is 0 Å². The van der Waals surface area contributed by atoms with Crippen molar-refractivity contribution in [2.45, 2.75) is 12.3 Å². The Morgan fingerprint density at radius 1 is 1.69 bits per heavy atom. The second-order valence-electron chi connectivity index (χ2n) is 2.65. The first-order chi connectivity index (χ1) is 6.33. The van der Waals surface area contributed by atoms with Crippen molar-refractivity contribution < 1.29 is 9.53 Å². The van der Waals surface area contributed by atoms with E-state index in [4.69, 9.17) is 0 Å². The minimum atomic E-state index is -0.399. The highest BCUT2D eigenvalue weighted by Crippen LogP contribution is 2.20. The van der Waals surface area contributed by atoms with Gasteiger partial charge in [-0.15, -0.1) is 5.10 Å². The molecular weight excluding hydrogens is 190 g/mol. The summed E-state index contributed by atoms with van der Waals surface area (Å²) in [7, 11) is 1.35. The maximum Gasteiger partial charge on any atom is 0.360 e. The number of carbonyl (C=O) groups excluding carboxylic acids is 1. The predicted molar refractivity (Wildman–Crippen MR) is 47.5 cm³/mol. The van der Waals surface area contributed by atoms with Gasteiger partial charge in [-0.2, -0.15) is 11.8 Å². The molecule has 1 aliphatic rings. The molecule has 70 valence electrons. The van der Waals surface area contributed by atoms with Crippen LogP contribution in [-0.4, -0.2) is 33.8 Å². The van der Waals surface area contributed by atoms with Crippen LogP contribution in [0.15, 0.2) is 0 Å². The lowest BCUT2D eigenvalue weighted by molar-refractivity contribution is 0.0593. The second-order valence-corrected chi connectivity index (χ2v) is 3.76. The van der Waals surface area contributed by atoms with Gasteiger partial charge in [0.15, 0.2) is 5.69 Å². The van der Waals surface area contributed by atoms with Gasteiger partial charge in [0.25, 0.3) is 0 Å². The van der Waals surface area contributed by atoms with Crippen LogP contribution in [-0.2, 0) is 17.0 Å². The number of hydrogen-bond donors (Lipinski definition) is 0. The molecule has 2 heterocycles. The summed E-state index contributed by atoms with van der Waals surface area (Å²) in [4.78, 5) is 11.2. The summed E-state index contributed by atoms with van der Waals surface area (Å²) in [5.74, 6) is 1.41. The van der Waals surface area contributed by atoms with Gasteiger partial charge >= 0.3 is 5.97 Å². The molecule has 0 radical (unpaired) electrons. The molecule has 5 nitrogen and oxygen atoms in total. The van der Waals surface area contributed by atoms with E-state index in [0.717, 1.165) is 23.7 Å². The minimum Gasteiger partial charge on any atom is -0.464 e. The van der Waals surface area contributed by atoms with Crippen molar-refractivity contribution in [3.05, 3.63) is 11.4 Å². The van der Waals surface area contributed by atoms with E-state index in [9.17, 15) is 4.79 Å². The number of carbonyl (C=O) groups is 1. The first-order valence-electron chi connectivity index (χ1n) is 3.91. The third-order valence-electron chi connectivity index (χ3n) is 1.90. The number of esters is 1. The predicted octanol–water partition coefficient (Wildman–Crippen LogP) is 0.311. The number of methoxy groups -OCH3 is 1. The van der Waals surface area contributed by atoms with Gasteiger partial charge in [-0.05, 0) is 0 Å². The van der Waals surface area contributed by atoms with Crippen molar-refractivity contribution in [1.29, 1.82) is 0 Å². The molecule has 0 aromatic carbocycles. The SMILES string of the molecule is COC(=O)c1nnn2c1CSCC2. The largest absolute Gasteiger partial charge is 0.464 e. The number of ether oxygens (including phenoxy) is 1. The van der Waals surface area contributed by atoms with Gasteiger partial charge < -0.3 is 4.74 Å². The van der Waals surface area contributed by atoms with Crippen LogP contribution in [0.5, 0.6) is 0 Å². The summed E-state index contributed by atoms with van der Waals surface area (Å²) >= 11 is 1.78. The Balaban J connectivity index is 2.36. The quantitative estimate of drug-likeness (QED) is 0.609. The van der Waals surface area contributed by atoms with Crippen LogP contribution in [0.2, 0.25) is 0 Å². The van der Waals surface area contributed by atoms with Crippen LogP contribution in [0.4, 0.5) is 0 Å². The summed E-state index contributed by atoms with van der Waals surface area (Å²) < 4.78 is 6.36. The van der Waals surface area contributed by atoms with Crippen molar-refractivity contribution in [3.63, 3.8) is 0 Å². The van der Waals surface area contributed by atoms with E-state index in [1.165, 1.54) is 7.11 Å². The van der Waals surface area contributed by atoms with E-state index in [2.05, 4.69) is 15.0 Å². The van der Waals surface area contributed by atoms with E-state index < -0.39 is 5.97 Å². The lowest BCUT2D eigenvalue weighted by Gasteiger charge is -2.11. The number of rotatable bonds is 1. The fraction of sp³-hybridized carbons (Fsp3) is 0.571. The lowest BCUT2D eigenvalue weighted by Crippen LogP contribution is -2.14. The number of nitrogens with zero attached hydrogens (tertiary/aromatic N) is 3. The Kier molecular flexibility index (Phi) is 2.22. The number of fused-ring (bicyclic) bond motifs is 1. The van der Waals surface area contributed by atoms with Crippen LogP contribution >= 0.6 is 11.8 Å². The molecule has 0 aliphatic carbocycles.